The lowest BCUT2D eigenvalue weighted by Crippen LogP contribution is -2.07. The van der Waals surface area contributed by atoms with Gasteiger partial charge in [-0.1, -0.05) is 37.1 Å². The number of benzene rings is 1. The zero-order valence-corrected chi connectivity index (χ0v) is 11.4. The standard InChI is InChI=1S/C14H15N5O/c1-3-10-13(9-7-5-6-8-12(9)20)11(4-2)19-14(15-10)16-17-18-19/h5-8,20H,3-4H2,1-2H3. The summed E-state index contributed by atoms with van der Waals surface area (Å²) in [6.07, 6.45) is 1.50. The number of aromatic nitrogens is 5. The molecule has 0 radical (unpaired) electrons. The van der Waals surface area contributed by atoms with Gasteiger partial charge in [0, 0.05) is 11.1 Å². The van der Waals surface area contributed by atoms with Gasteiger partial charge in [0.2, 0.25) is 0 Å². The molecule has 20 heavy (non-hydrogen) atoms. The minimum atomic E-state index is 0.242. The molecule has 0 unspecified atom stereocenters. The number of nitrogens with zero attached hydrogens (tertiary/aromatic N) is 5. The summed E-state index contributed by atoms with van der Waals surface area (Å²) in [5.41, 5.74) is 3.54. The molecule has 0 aliphatic rings. The Labute approximate surface area is 116 Å². The third kappa shape index (κ3) is 1.80. The van der Waals surface area contributed by atoms with Crippen molar-refractivity contribution in [2.24, 2.45) is 0 Å². The lowest BCUT2D eigenvalue weighted by molar-refractivity contribution is 0.477. The van der Waals surface area contributed by atoms with Gasteiger partial charge >= 0.3 is 0 Å². The van der Waals surface area contributed by atoms with Crippen LogP contribution in [0.1, 0.15) is 25.2 Å². The third-order valence-electron chi connectivity index (χ3n) is 3.36. The maximum absolute atomic E-state index is 10.1. The number of fused-ring (bicyclic) bond motifs is 1. The van der Waals surface area contributed by atoms with E-state index in [1.54, 1.807) is 16.6 Å². The Bertz CT molecular complexity index is 765. The highest BCUT2D eigenvalue weighted by molar-refractivity contribution is 5.75. The molecule has 6 nitrogen and oxygen atoms in total. The van der Waals surface area contributed by atoms with Crippen molar-refractivity contribution in [2.45, 2.75) is 26.7 Å². The fourth-order valence-electron chi connectivity index (χ4n) is 2.45. The Morgan fingerprint density at radius 2 is 1.95 bits per heavy atom. The van der Waals surface area contributed by atoms with Crippen LogP contribution in [0.15, 0.2) is 24.3 Å². The number of hydrogen-bond donors (Lipinski definition) is 1. The summed E-state index contributed by atoms with van der Waals surface area (Å²) in [7, 11) is 0. The molecule has 6 heteroatoms. The van der Waals surface area contributed by atoms with E-state index in [-0.39, 0.29) is 5.75 Å². The number of phenolic OH excluding ortho intramolecular Hbond substituents is 1. The molecule has 3 aromatic rings. The lowest BCUT2D eigenvalue weighted by atomic mass is 9.98. The number of aromatic hydroxyl groups is 1. The van der Waals surface area contributed by atoms with Crippen LogP contribution in [-0.2, 0) is 12.8 Å². The Morgan fingerprint density at radius 1 is 1.15 bits per heavy atom. The summed E-state index contributed by atoms with van der Waals surface area (Å²) in [4.78, 5) is 4.50. The van der Waals surface area contributed by atoms with Crippen LogP contribution in [0, 0.1) is 0 Å². The second kappa shape index (κ2) is 4.88. The molecule has 0 saturated heterocycles. The first-order valence-corrected chi connectivity index (χ1v) is 6.64. The average molecular weight is 269 g/mol. The van der Waals surface area contributed by atoms with Gasteiger partial charge in [-0.25, -0.2) is 4.98 Å². The zero-order valence-electron chi connectivity index (χ0n) is 11.4. The van der Waals surface area contributed by atoms with E-state index in [1.165, 1.54) is 0 Å². The molecule has 0 fully saturated rings. The maximum atomic E-state index is 10.1. The van der Waals surface area contributed by atoms with E-state index in [0.29, 0.717) is 5.78 Å². The van der Waals surface area contributed by atoms with Gasteiger partial charge in [-0.05, 0) is 29.3 Å². The number of para-hydroxylation sites is 1. The molecule has 1 N–H and O–H groups in total. The molecule has 0 atom stereocenters. The monoisotopic (exact) mass is 269 g/mol. The summed E-state index contributed by atoms with van der Waals surface area (Å²) in [5, 5.41) is 21.7. The molecule has 102 valence electrons. The first-order valence-electron chi connectivity index (χ1n) is 6.64. The Kier molecular flexibility index (Phi) is 3.06. The van der Waals surface area contributed by atoms with Crippen LogP contribution < -0.4 is 0 Å². The predicted molar refractivity (Wildman–Crippen MR) is 74.4 cm³/mol. The van der Waals surface area contributed by atoms with E-state index >= 15 is 0 Å². The van der Waals surface area contributed by atoms with Crippen LogP contribution in [0.3, 0.4) is 0 Å². The van der Waals surface area contributed by atoms with Crippen molar-refractivity contribution in [1.29, 1.82) is 0 Å². The van der Waals surface area contributed by atoms with E-state index in [9.17, 15) is 5.11 Å². The highest BCUT2D eigenvalue weighted by Gasteiger charge is 2.18. The molecule has 0 spiro atoms. The maximum Gasteiger partial charge on any atom is 0.273 e. The molecule has 2 aromatic heterocycles. The predicted octanol–water partition coefficient (Wildman–Crippen LogP) is 2.02. The molecule has 2 heterocycles. The smallest absolute Gasteiger partial charge is 0.273 e. The van der Waals surface area contributed by atoms with Crippen LogP contribution in [-0.4, -0.2) is 30.1 Å². The molecule has 1 aromatic carbocycles. The van der Waals surface area contributed by atoms with Crippen molar-refractivity contribution in [3.05, 3.63) is 35.7 Å². The fraction of sp³-hybridized carbons (Fsp3) is 0.286. The molecule has 0 aliphatic heterocycles. The van der Waals surface area contributed by atoms with E-state index in [2.05, 4.69) is 20.5 Å². The van der Waals surface area contributed by atoms with Crippen molar-refractivity contribution in [2.75, 3.05) is 0 Å². The van der Waals surface area contributed by atoms with Crippen LogP contribution in [0.5, 0.6) is 5.75 Å². The van der Waals surface area contributed by atoms with E-state index < -0.39 is 0 Å². The van der Waals surface area contributed by atoms with Gasteiger partial charge in [0.25, 0.3) is 5.78 Å². The van der Waals surface area contributed by atoms with Crippen molar-refractivity contribution < 1.29 is 5.11 Å². The number of tetrazole rings is 1. The molecule has 3 rings (SSSR count). The molecular formula is C14H15N5O. The van der Waals surface area contributed by atoms with Gasteiger partial charge in [-0.15, -0.1) is 0 Å². The highest BCUT2D eigenvalue weighted by Crippen LogP contribution is 2.34. The molecule has 0 bridgehead atoms. The van der Waals surface area contributed by atoms with E-state index in [0.717, 1.165) is 35.4 Å². The Balaban J connectivity index is 2.41. The largest absolute Gasteiger partial charge is 0.507 e. The summed E-state index contributed by atoms with van der Waals surface area (Å²) >= 11 is 0. The van der Waals surface area contributed by atoms with Crippen molar-refractivity contribution >= 4 is 5.78 Å². The van der Waals surface area contributed by atoms with Crippen molar-refractivity contribution in [1.82, 2.24) is 25.0 Å². The Morgan fingerprint density at radius 3 is 2.65 bits per heavy atom. The second-order valence-electron chi connectivity index (χ2n) is 4.50. The number of rotatable bonds is 3. The fourth-order valence-corrected chi connectivity index (χ4v) is 2.45. The second-order valence-corrected chi connectivity index (χ2v) is 4.50. The number of hydrogen-bond acceptors (Lipinski definition) is 5. The van der Waals surface area contributed by atoms with Crippen LogP contribution >= 0.6 is 0 Å². The van der Waals surface area contributed by atoms with Gasteiger partial charge in [-0.2, -0.15) is 4.52 Å². The average Bonchev–Trinajstić information content (AvgIpc) is 2.94. The third-order valence-corrected chi connectivity index (χ3v) is 3.36. The SMILES string of the molecule is CCc1nc2nnnn2c(CC)c1-c1ccccc1O. The summed E-state index contributed by atoms with van der Waals surface area (Å²) in [5.74, 6) is 0.740. The van der Waals surface area contributed by atoms with Crippen molar-refractivity contribution in [3.8, 4) is 16.9 Å². The number of phenols is 1. The summed E-state index contributed by atoms with van der Waals surface area (Å²) in [6.45, 7) is 4.07. The van der Waals surface area contributed by atoms with Gasteiger partial charge in [0.15, 0.2) is 0 Å². The molecule has 0 aliphatic carbocycles. The van der Waals surface area contributed by atoms with Gasteiger partial charge in [0.1, 0.15) is 5.75 Å². The van der Waals surface area contributed by atoms with Gasteiger partial charge < -0.3 is 5.11 Å². The van der Waals surface area contributed by atoms with Gasteiger partial charge in [0.05, 0.1) is 11.4 Å². The van der Waals surface area contributed by atoms with E-state index in [1.807, 2.05) is 26.0 Å². The normalized spacial score (nSPS) is 11.1. The topological polar surface area (TPSA) is 76.2 Å². The van der Waals surface area contributed by atoms with Gasteiger partial charge in [-0.3, -0.25) is 0 Å². The van der Waals surface area contributed by atoms with Crippen LogP contribution in [0.4, 0.5) is 0 Å². The highest BCUT2D eigenvalue weighted by atomic mass is 16.3. The summed E-state index contributed by atoms with van der Waals surface area (Å²) in [6, 6.07) is 7.27. The van der Waals surface area contributed by atoms with E-state index in [4.69, 9.17) is 0 Å². The Hall–Kier alpha value is -2.50. The van der Waals surface area contributed by atoms with Crippen LogP contribution in [0.2, 0.25) is 0 Å². The molecule has 0 amide bonds. The number of aryl methyl sites for hydroxylation is 2. The molecular weight excluding hydrogens is 254 g/mol. The summed E-state index contributed by atoms with van der Waals surface area (Å²) < 4.78 is 1.64. The lowest BCUT2D eigenvalue weighted by Gasteiger charge is -2.14. The zero-order chi connectivity index (χ0) is 14.1. The van der Waals surface area contributed by atoms with Crippen LogP contribution in [0.25, 0.3) is 16.9 Å². The minimum Gasteiger partial charge on any atom is -0.507 e. The molecule has 0 saturated carbocycles. The quantitative estimate of drug-likeness (QED) is 0.787. The van der Waals surface area contributed by atoms with Crippen molar-refractivity contribution in [3.63, 3.8) is 0 Å². The minimum absolute atomic E-state index is 0.242. The first kappa shape index (κ1) is 12.5. The first-order chi connectivity index (χ1) is 9.76.